The fourth-order valence-electron chi connectivity index (χ4n) is 2.71. The van der Waals surface area contributed by atoms with E-state index in [4.69, 9.17) is 10.5 Å². The van der Waals surface area contributed by atoms with Gasteiger partial charge < -0.3 is 20.7 Å². The third kappa shape index (κ3) is 8.77. The molecular formula is C15H31IN4O2. The molecule has 0 aliphatic carbocycles. The molecule has 0 saturated carbocycles. The minimum absolute atomic E-state index is 0. The molecule has 1 aliphatic rings. The quantitative estimate of drug-likeness (QED) is 0.267. The number of ether oxygens (including phenoxy) is 1. The molecule has 0 aromatic heterocycles. The highest BCUT2D eigenvalue weighted by molar-refractivity contribution is 14.0. The van der Waals surface area contributed by atoms with Gasteiger partial charge in [0.2, 0.25) is 5.91 Å². The first-order valence-corrected chi connectivity index (χ1v) is 7.99. The number of hydrogen-bond acceptors (Lipinski definition) is 3. The van der Waals surface area contributed by atoms with Crippen molar-refractivity contribution in [1.82, 2.24) is 10.2 Å². The van der Waals surface area contributed by atoms with Gasteiger partial charge in [0.15, 0.2) is 5.96 Å². The molecule has 0 aromatic carbocycles. The lowest BCUT2D eigenvalue weighted by Crippen LogP contribution is -2.47. The fraction of sp³-hybridized carbons (Fsp3) is 0.867. The standard InChI is InChI=1S/C15H30N4O2.HI/c1-3-21-10-5-4-8-18-15(17-2)19-9-6-7-13(12-19)11-14(16)20;/h13H,3-12H2,1-2H3,(H2,16,20)(H,17,18);1H. The number of unbranched alkanes of at least 4 members (excludes halogenated alkanes) is 1. The van der Waals surface area contributed by atoms with E-state index in [0.717, 1.165) is 64.5 Å². The lowest BCUT2D eigenvalue weighted by atomic mass is 9.95. The van der Waals surface area contributed by atoms with E-state index in [2.05, 4.69) is 15.2 Å². The van der Waals surface area contributed by atoms with Gasteiger partial charge in [0.05, 0.1) is 0 Å². The van der Waals surface area contributed by atoms with Gasteiger partial charge in [-0.25, -0.2) is 0 Å². The Hall–Kier alpha value is -0.570. The molecule has 1 unspecified atom stereocenters. The normalized spacial score (nSPS) is 18.7. The van der Waals surface area contributed by atoms with Crippen LogP contribution in [0.1, 0.15) is 39.0 Å². The minimum atomic E-state index is -0.208. The molecule has 0 bridgehead atoms. The van der Waals surface area contributed by atoms with Gasteiger partial charge >= 0.3 is 0 Å². The third-order valence-corrected chi connectivity index (χ3v) is 3.72. The van der Waals surface area contributed by atoms with E-state index in [1.54, 1.807) is 7.05 Å². The molecule has 22 heavy (non-hydrogen) atoms. The lowest BCUT2D eigenvalue weighted by molar-refractivity contribution is -0.119. The minimum Gasteiger partial charge on any atom is -0.382 e. The Morgan fingerprint density at radius 1 is 1.45 bits per heavy atom. The topological polar surface area (TPSA) is 79.9 Å². The molecule has 1 amide bonds. The maximum atomic E-state index is 11.1. The fourth-order valence-corrected chi connectivity index (χ4v) is 2.71. The number of primary amides is 1. The first kappa shape index (κ1) is 21.4. The van der Waals surface area contributed by atoms with Crippen LogP contribution in [-0.4, -0.2) is 56.7 Å². The highest BCUT2D eigenvalue weighted by Crippen LogP contribution is 2.19. The number of aliphatic imine (C=N–C) groups is 1. The highest BCUT2D eigenvalue weighted by atomic mass is 127. The van der Waals surface area contributed by atoms with Crippen molar-refractivity contribution >= 4 is 35.8 Å². The Bertz CT molecular complexity index is 340. The number of piperidine rings is 1. The molecule has 1 heterocycles. The average molecular weight is 426 g/mol. The average Bonchev–Trinajstić information content (AvgIpc) is 2.46. The van der Waals surface area contributed by atoms with Crippen molar-refractivity contribution in [1.29, 1.82) is 0 Å². The molecule has 0 radical (unpaired) electrons. The summed E-state index contributed by atoms with van der Waals surface area (Å²) in [6, 6.07) is 0. The number of nitrogens with one attached hydrogen (secondary N) is 1. The predicted molar refractivity (Wildman–Crippen MR) is 101 cm³/mol. The number of hydrogen-bond donors (Lipinski definition) is 2. The predicted octanol–water partition coefficient (Wildman–Crippen LogP) is 1.58. The summed E-state index contributed by atoms with van der Waals surface area (Å²) in [4.78, 5) is 17.6. The second kappa shape index (κ2) is 12.9. The van der Waals surface area contributed by atoms with Gasteiger partial charge in [-0.2, -0.15) is 0 Å². The van der Waals surface area contributed by atoms with Crippen LogP contribution in [0.2, 0.25) is 0 Å². The van der Waals surface area contributed by atoms with E-state index in [1.165, 1.54) is 0 Å². The van der Waals surface area contributed by atoms with E-state index in [0.29, 0.717) is 12.3 Å². The first-order valence-electron chi connectivity index (χ1n) is 7.99. The van der Waals surface area contributed by atoms with Crippen LogP contribution in [-0.2, 0) is 9.53 Å². The van der Waals surface area contributed by atoms with Crippen molar-refractivity contribution < 1.29 is 9.53 Å². The summed E-state index contributed by atoms with van der Waals surface area (Å²) in [6.07, 6.45) is 4.76. The monoisotopic (exact) mass is 426 g/mol. The summed E-state index contributed by atoms with van der Waals surface area (Å²) in [6.45, 7) is 6.37. The molecule has 1 atom stereocenters. The van der Waals surface area contributed by atoms with Crippen LogP contribution < -0.4 is 11.1 Å². The summed E-state index contributed by atoms with van der Waals surface area (Å²) in [5.74, 6) is 1.08. The number of amides is 1. The number of carbonyl (C=O) groups excluding carboxylic acids is 1. The molecular weight excluding hydrogens is 395 g/mol. The molecule has 130 valence electrons. The van der Waals surface area contributed by atoms with Gasteiger partial charge in [-0.3, -0.25) is 9.79 Å². The first-order chi connectivity index (χ1) is 10.2. The second-order valence-corrected chi connectivity index (χ2v) is 5.50. The van der Waals surface area contributed by atoms with E-state index in [1.807, 2.05) is 6.92 Å². The van der Waals surface area contributed by atoms with E-state index >= 15 is 0 Å². The molecule has 0 aromatic rings. The largest absolute Gasteiger partial charge is 0.382 e. The number of halogens is 1. The number of likely N-dealkylation sites (tertiary alicyclic amines) is 1. The molecule has 1 rings (SSSR count). The maximum Gasteiger partial charge on any atom is 0.217 e. The molecule has 0 spiro atoms. The van der Waals surface area contributed by atoms with Crippen molar-refractivity contribution in [2.24, 2.45) is 16.6 Å². The van der Waals surface area contributed by atoms with Crippen LogP contribution in [0, 0.1) is 5.92 Å². The van der Waals surface area contributed by atoms with Crippen molar-refractivity contribution in [3.8, 4) is 0 Å². The number of nitrogens with zero attached hydrogens (tertiary/aromatic N) is 2. The second-order valence-electron chi connectivity index (χ2n) is 5.50. The molecule has 7 heteroatoms. The number of rotatable bonds is 8. The zero-order chi connectivity index (χ0) is 15.5. The SMILES string of the molecule is CCOCCCCNC(=NC)N1CCCC(CC(N)=O)C1.I. The Labute approximate surface area is 151 Å². The van der Waals surface area contributed by atoms with Crippen LogP contribution in [0.3, 0.4) is 0 Å². The number of nitrogens with two attached hydrogens (primary N) is 1. The van der Waals surface area contributed by atoms with Gasteiger partial charge in [-0.05, 0) is 38.5 Å². The molecule has 3 N–H and O–H groups in total. The molecule has 1 saturated heterocycles. The zero-order valence-corrected chi connectivity index (χ0v) is 16.2. The van der Waals surface area contributed by atoms with Crippen molar-refractivity contribution in [3.63, 3.8) is 0 Å². The number of guanidine groups is 1. The molecule has 6 nitrogen and oxygen atoms in total. The lowest BCUT2D eigenvalue weighted by Gasteiger charge is -2.34. The Kier molecular flexibility index (Phi) is 12.6. The van der Waals surface area contributed by atoms with Gasteiger partial charge in [0.1, 0.15) is 0 Å². The van der Waals surface area contributed by atoms with Crippen molar-refractivity contribution in [2.45, 2.75) is 39.0 Å². The van der Waals surface area contributed by atoms with Crippen molar-refractivity contribution in [2.75, 3.05) is 39.9 Å². The van der Waals surface area contributed by atoms with Gasteiger partial charge in [0, 0.05) is 46.3 Å². The molecule has 1 fully saturated rings. The highest BCUT2D eigenvalue weighted by Gasteiger charge is 2.23. The van der Waals surface area contributed by atoms with Gasteiger partial charge in [0.25, 0.3) is 0 Å². The Morgan fingerprint density at radius 2 is 2.23 bits per heavy atom. The van der Waals surface area contributed by atoms with E-state index in [9.17, 15) is 4.79 Å². The summed E-state index contributed by atoms with van der Waals surface area (Å²) in [7, 11) is 1.81. The summed E-state index contributed by atoms with van der Waals surface area (Å²) in [5.41, 5.74) is 5.30. The van der Waals surface area contributed by atoms with Gasteiger partial charge in [-0.15, -0.1) is 24.0 Å². The van der Waals surface area contributed by atoms with Crippen LogP contribution in [0.15, 0.2) is 4.99 Å². The third-order valence-electron chi connectivity index (χ3n) is 3.72. The zero-order valence-electron chi connectivity index (χ0n) is 13.8. The molecule has 1 aliphatic heterocycles. The van der Waals surface area contributed by atoms with Crippen LogP contribution in [0.4, 0.5) is 0 Å². The van der Waals surface area contributed by atoms with Crippen LogP contribution in [0.5, 0.6) is 0 Å². The van der Waals surface area contributed by atoms with Crippen LogP contribution >= 0.6 is 24.0 Å². The Morgan fingerprint density at radius 3 is 2.86 bits per heavy atom. The summed E-state index contributed by atoms with van der Waals surface area (Å²) >= 11 is 0. The van der Waals surface area contributed by atoms with E-state index in [-0.39, 0.29) is 29.9 Å². The summed E-state index contributed by atoms with van der Waals surface area (Å²) < 4.78 is 5.32. The Balaban J connectivity index is 0.00000441. The maximum absolute atomic E-state index is 11.1. The number of carbonyl (C=O) groups is 1. The summed E-state index contributed by atoms with van der Waals surface area (Å²) in [5, 5.41) is 3.39. The van der Waals surface area contributed by atoms with Crippen LogP contribution in [0.25, 0.3) is 0 Å². The van der Waals surface area contributed by atoms with E-state index < -0.39 is 0 Å². The van der Waals surface area contributed by atoms with Gasteiger partial charge in [-0.1, -0.05) is 0 Å². The smallest absolute Gasteiger partial charge is 0.217 e. The van der Waals surface area contributed by atoms with Crippen molar-refractivity contribution in [3.05, 3.63) is 0 Å².